The highest BCUT2D eigenvalue weighted by molar-refractivity contribution is 5.14. The monoisotopic (exact) mass is 452 g/mol. The summed E-state index contributed by atoms with van der Waals surface area (Å²) >= 11 is 0. The number of fused-ring (bicyclic) bond motifs is 5. The number of aliphatic hydroxyl groups excluding tert-OH is 5. The molecule has 0 bridgehead atoms. The van der Waals surface area contributed by atoms with Crippen molar-refractivity contribution in [2.45, 2.75) is 110 Å². The van der Waals surface area contributed by atoms with Gasteiger partial charge in [0, 0.05) is 12.5 Å². The molecule has 0 spiro atoms. The highest BCUT2D eigenvalue weighted by Gasteiger charge is 2.65. The fourth-order valence-corrected chi connectivity index (χ4v) is 9.17. The first-order chi connectivity index (χ1) is 15.0. The third kappa shape index (κ3) is 3.88. The first kappa shape index (κ1) is 24.9. The number of hydrogen-bond donors (Lipinski definition) is 5. The molecule has 4 rings (SSSR count). The van der Waals surface area contributed by atoms with Crippen LogP contribution >= 0.6 is 0 Å². The van der Waals surface area contributed by atoms with Crippen molar-refractivity contribution in [3.8, 4) is 0 Å². The molecule has 0 amide bonds. The van der Waals surface area contributed by atoms with Crippen LogP contribution in [0.4, 0.5) is 0 Å². The Balaban J connectivity index is 1.53. The molecule has 4 fully saturated rings. The number of rotatable bonds is 6. The Morgan fingerprint density at radius 3 is 2.31 bits per heavy atom. The summed E-state index contributed by atoms with van der Waals surface area (Å²) in [5.41, 5.74) is -0.0772. The minimum atomic E-state index is -0.480. The fraction of sp³-hybridized carbons (Fsp3) is 1.00. The Bertz CT molecular complexity index is 656. The molecule has 0 radical (unpaired) electrons. The van der Waals surface area contributed by atoms with E-state index in [0.717, 1.165) is 51.4 Å². The molecule has 4 saturated carbocycles. The van der Waals surface area contributed by atoms with Crippen LogP contribution in [0.3, 0.4) is 0 Å². The van der Waals surface area contributed by atoms with Crippen molar-refractivity contribution in [1.29, 1.82) is 0 Å². The topological polar surface area (TPSA) is 101 Å². The SMILES string of the molecule is C[C@H](CC[C@H](O)[C@@H](C)CO)[C@H]1CC[C@H]2[C@@H]3[C@H](O)C[C@@H]4C[C@H](O)CC[C@]4(C)[C@H]3C[C@H](O)[C@]12C. The summed E-state index contributed by atoms with van der Waals surface area (Å²) in [7, 11) is 0. The standard InChI is InChI=1S/C27H48O5/c1-15(5-8-22(30)16(2)14-28)19-6-7-20-25-21(13-24(32)27(19,20)4)26(3)10-9-18(29)11-17(26)12-23(25)31/h15-25,28-32H,5-14H2,1-4H3/t15-,16+,17+,18-,19-,20+,21+,22+,23-,24+,25+,26+,27-/m1/s1. The molecule has 0 unspecified atom stereocenters. The lowest BCUT2D eigenvalue weighted by atomic mass is 9.43. The molecule has 5 heteroatoms. The summed E-state index contributed by atoms with van der Waals surface area (Å²) in [6.45, 7) is 8.82. The van der Waals surface area contributed by atoms with Crippen molar-refractivity contribution in [3.63, 3.8) is 0 Å². The lowest BCUT2D eigenvalue weighted by Crippen LogP contribution is -2.62. The van der Waals surface area contributed by atoms with Crippen LogP contribution in [-0.2, 0) is 0 Å². The molecular formula is C27H48O5. The Morgan fingerprint density at radius 1 is 0.906 bits per heavy atom. The molecule has 0 saturated heterocycles. The molecule has 5 N–H and O–H groups in total. The van der Waals surface area contributed by atoms with E-state index in [0.29, 0.717) is 36.0 Å². The van der Waals surface area contributed by atoms with Crippen LogP contribution in [0.1, 0.15) is 85.5 Å². The predicted molar refractivity (Wildman–Crippen MR) is 125 cm³/mol. The molecule has 186 valence electrons. The highest BCUT2D eigenvalue weighted by Crippen LogP contribution is 2.68. The second-order valence-electron chi connectivity index (χ2n) is 12.8. The van der Waals surface area contributed by atoms with Gasteiger partial charge < -0.3 is 25.5 Å². The number of aliphatic hydroxyl groups is 5. The molecule has 5 nitrogen and oxygen atoms in total. The molecule has 13 atom stereocenters. The lowest BCUT2D eigenvalue weighted by Gasteiger charge is -2.63. The molecule has 0 aliphatic heterocycles. The van der Waals surface area contributed by atoms with E-state index in [1.165, 1.54) is 0 Å². The quantitative estimate of drug-likeness (QED) is 0.425. The molecule has 4 aliphatic rings. The number of hydrogen-bond acceptors (Lipinski definition) is 5. The van der Waals surface area contributed by atoms with Gasteiger partial charge in [-0.2, -0.15) is 0 Å². The van der Waals surface area contributed by atoms with Gasteiger partial charge in [-0.3, -0.25) is 0 Å². The average molecular weight is 453 g/mol. The first-order valence-corrected chi connectivity index (χ1v) is 13.4. The molecule has 0 heterocycles. The van der Waals surface area contributed by atoms with E-state index in [9.17, 15) is 25.5 Å². The second-order valence-corrected chi connectivity index (χ2v) is 12.8. The summed E-state index contributed by atoms with van der Waals surface area (Å²) in [5, 5.41) is 52.9. The minimum Gasteiger partial charge on any atom is -0.396 e. The molecule has 0 aromatic heterocycles. The van der Waals surface area contributed by atoms with Crippen LogP contribution in [0.25, 0.3) is 0 Å². The van der Waals surface area contributed by atoms with Crippen molar-refractivity contribution < 1.29 is 25.5 Å². The third-order valence-electron chi connectivity index (χ3n) is 11.4. The van der Waals surface area contributed by atoms with Gasteiger partial charge in [0.1, 0.15) is 0 Å². The maximum atomic E-state index is 11.6. The van der Waals surface area contributed by atoms with E-state index in [-0.39, 0.29) is 47.6 Å². The van der Waals surface area contributed by atoms with E-state index in [2.05, 4.69) is 20.8 Å². The van der Waals surface area contributed by atoms with Crippen molar-refractivity contribution >= 4 is 0 Å². The van der Waals surface area contributed by atoms with E-state index in [4.69, 9.17) is 0 Å². The maximum absolute atomic E-state index is 11.6. The summed E-state index contributed by atoms with van der Waals surface area (Å²) in [6.07, 6.45) is 6.54. The Morgan fingerprint density at radius 2 is 1.62 bits per heavy atom. The fourth-order valence-electron chi connectivity index (χ4n) is 9.17. The molecule has 4 aliphatic carbocycles. The van der Waals surface area contributed by atoms with Crippen LogP contribution < -0.4 is 0 Å². The first-order valence-electron chi connectivity index (χ1n) is 13.4. The summed E-state index contributed by atoms with van der Waals surface area (Å²) < 4.78 is 0. The largest absolute Gasteiger partial charge is 0.396 e. The molecule has 0 aromatic rings. The zero-order chi connectivity index (χ0) is 23.4. The van der Waals surface area contributed by atoms with E-state index < -0.39 is 6.10 Å². The predicted octanol–water partition coefficient (Wildman–Crippen LogP) is 3.35. The van der Waals surface area contributed by atoms with Gasteiger partial charge in [-0.25, -0.2) is 0 Å². The van der Waals surface area contributed by atoms with Gasteiger partial charge in [0.2, 0.25) is 0 Å². The summed E-state index contributed by atoms with van der Waals surface area (Å²) in [6, 6.07) is 0. The zero-order valence-electron chi connectivity index (χ0n) is 20.7. The molecular weight excluding hydrogens is 404 g/mol. The normalized spacial score (nSPS) is 51.3. The zero-order valence-corrected chi connectivity index (χ0v) is 20.7. The summed E-state index contributed by atoms with van der Waals surface area (Å²) in [4.78, 5) is 0. The Kier molecular flexibility index (Phi) is 7.09. The highest BCUT2D eigenvalue weighted by atomic mass is 16.3. The van der Waals surface area contributed by atoms with Gasteiger partial charge in [-0.15, -0.1) is 0 Å². The second kappa shape index (κ2) is 9.11. The van der Waals surface area contributed by atoms with Gasteiger partial charge in [0.05, 0.1) is 24.4 Å². The van der Waals surface area contributed by atoms with Crippen LogP contribution in [0.2, 0.25) is 0 Å². The van der Waals surface area contributed by atoms with Crippen LogP contribution in [0.15, 0.2) is 0 Å². The van der Waals surface area contributed by atoms with Crippen LogP contribution in [0, 0.1) is 52.3 Å². The van der Waals surface area contributed by atoms with E-state index in [1.54, 1.807) is 0 Å². The van der Waals surface area contributed by atoms with Crippen molar-refractivity contribution in [3.05, 3.63) is 0 Å². The van der Waals surface area contributed by atoms with E-state index in [1.807, 2.05) is 6.92 Å². The third-order valence-corrected chi connectivity index (χ3v) is 11.4. The Hall–Kier alpha value is -0.200. The average Bonchev–Trinajstić information content (AvgIpc) is 3.11. The molecule has 0 aromatic carbocycles. The minimum absolute atomic E-state index is 0.00915. The van der Waals surface area contributed by atoms with Crippen LogP contribution in [0.5, 0.6) is 0 Å². The summed E-state index contributed by atoms with van der Waals surface area (Å²) in [5.74, 6) is 1.96. The van der Waals surface area contributed by atoms with Crippen LogP contribution in [-0.4, -0.2) is 56.6 Å². The smallest absolute Gasteiger partial charge is 0.0602 e. The van der Waals surface area contributed by atoms with Gasteiger partial charge in [-0.1, -0.05) is 27.7 Å². The van der Waals surface area contributed by atoms with Crippen molar-refractivity contribution in [2.24, 2.45) is 52.3 Å². The van der Waals surface area contributed by atoms with Gasteiger partial charge in [0.25, 0.3) is 0 Å². The Labute approximate surface area is 194 Å². The van der Waals surface area contributed by atoms with Gasteiger partial charge >= 0.3 is 0 Å². The van der Waals surface area contributed by atoms with Gasteiger partial charge in [0.15, 0.2) is 0 Å². The lowest BCUT2D eigenvalue weighted by molar-refractivity contribution is -0.207. The van der Waals surface area contributed by atoms with Gasteiger partial charge in [-0.05, 0) is 104 Å². The van der Waals surface area contributed by atoms with Crippen molar-refractivity contribution in [2.75, 3.05) is 6.61 Å². The molecule has 32 heavy (non-hydrogen) atoms. The van der Waals surface area contributed by atoms with E-state index >= 15 is 0 Å². The maximum Gasteiger partial charge on any atom is 0.0602 e. The van der Waals surface area contributed by atoms with Crippen molar-refractivity contribution in [1.82, 2.24) is 0 Å².